The standard InChI is InChI=1S/C12H14N2O5/c1-12(2,7-10(15)16)11(17)13-8-4-3-5-9(6-8)14(18)19/h3-6H,7H2,1-2H3,(H,13,17)(H,15,16). The van der Waals surface area contributed by atoms with Crippen LogP contribution in [0, 0.1) is 15.5 Å². The molecule has 0 aliphatic carbocycles. The minimum Gasteiger partial charge on any atom is -0.481 e. The molecule has 0 heterocycles. The fraction of sp³-hybridized carbons (Fsp3) is 0.333. The molecular formula is C12H14N2O5. The Kier molecular flexibility index (Phi) is 4.21. The molecule has 102 valence electrons. The number of nitrogens with zero attached hydrogens (tertiary/aromatic N) is 1. The summed E-state index contributed by atoms with van der Waals surface area (Å²) in [5, 5.41) is 21.8. The molecule has 0 fully saturated rings. The number of non-ortho nitro benzene ring substituents is 1. The van der Waals surface area contributed by atoms with Crippen LogP contribution in [0.4, 0.5) is 11.4 Å². The molecule has 7 heteroatoms. The van der Waals surface area contributed by atoms with Crippen molar-refractivity contribution < 1.29 is 19.6 Å². The van der Waals surface area contributed by atoms with E-state index in [1.807, 2.05) is 0 Å². The number of anilines is 1. The lowest BCUT2D eigenvalue weighted by molar-refractivity contribution is -0.384. The fourth-order valence-electron chi connectivity index (χ4n) is 1.46. The molecule has 7 nitrogen and oxygen atoms in total. The van der Waals surface area contributed by atoms with Crippen LogP contribution in [0.25, 0.3) is 0 Å². The number of carbonyl (C=O) groups is 2. The molecule has 0 aliphatic rings. The van der Waals surface area contributed by atoms with Crippen molar-refractivity contribution in [2.24, 2.45) is 5.41 Å². The van der Waals surface area contributed by atoms with Gasteiger partial charge in [-0.2, -0.15) is 0 Å². The molecule has 19 heavy (non-hydrogen) atoms. The lowest BCUT2D eigenvalue weighted by atomic mass is 9.88. The normalized spacial score (nSPS) is 10.8. The molecule has 1 amide bonds. The quantitative estimate of drug-likeness (QED) is 0.626. The van der Waals surface area contributed by atoms with E-state index in [4.69, 9.17) is 5.11 Å². The summed E-state index contributed by atoms with van der Waals surface area (Å²) in [5.41, 5.74) is -0.984. The second-order valence-corrected chi connectivity index (χ2v) is 4.72. The van der Waals surface area contributed by atoms with Crippen molar-refractivity contribution in [2.45, 2.75) is 20.3 Å². The predicted molar refractivity (Wildman–Crippen MR) is 67.8 cm³/mol. The summed E-state index contributed by atoms with van der Waals surface area (Å²) < 4.78 is 0. The smallest absolute Gasteiger partial charge is 0.304 e. The van der Waals surface area contributed by atoms with Crippen LogP contribution in [0.5, 0.6) is 0 Å². The van der Waals surface area contributed by atoms with Gasteiger partial charge in [0.25, 0.3) is 5.69 Å². The highest BCUT2D eigenvalue weighted by Crippen LogP contribution is 2.24. The maximum atomic E-state index is 11.9. The van der Waals surface area contributed by atoms with Gasteiger partial charge in [0, 0.05) is 17.8 Å². The molecule has 0 saturated carbocycles. The molecule has 0 unspecified atom stereocenters. The van der Waals surface area contributed by atoms with Gasteiger partial charge in [0.15, 0.2) is 0 Å². The number of nitrogens with one attached hydrogen (secondary N) is 1. The maximum Gasteiger partial charge on any atom is 0.304 e. The van der Waals surface area contributed by atoms with E-state index in [1.54, 1.807) is 0 Å². The molecule has 0 radical (unpaired) electrons. The Balaban J connectivity index is 2.85. The largest absolute Gasteiger partial charge is 0.481 e. The van der Waals surface area contributed by atoms with Crippen molar-refractivity contribution >= 4 is 23.3 Å². The number of amides is 1. The van der Waals surface area contributed by atoms with Gasteiger partial charge in [0.2, 0.25) is 5.91 Å². The van der Waals surface area contributed by atoms with E-state index in [1.165, 1.54) is 38.1 Å². The van der Waals surface area contributed by atoms with Crippen LogP contribution < -0.4 is 5.32 Å². The molecule has 2 N–H and O–H groups in total. The lowest BCUT2D eigenvalue weighted by Gasteiger charge is -2.21. The van der Waals surface area contributed by atoms with Crippen molar-refractivity contribution in [1.29, 1.82) is 0 Å². The maximum absolute atomic E-state index is 11.9. The Morgan fingerprint density at radius 1 is 1.42 bits per heavy atom. The van der Waals surface area contributed by atoms with E-state index in [0.717, 1.165) is 0 Å². The topological polar surface area (TPSA) is 110 Å². The number of nitro groups is 1. The molecule has 1 aromatic rings. The van der Waals surface area contributed by atoms with Crippen molar-refractivity contribution in [3.05, 3.63) is 34.4 Å². The third kappa shape index (κ3) is 4.06. The average Bonchev–Trinajstić information content (AvgIpc) is 2.27. The zero-order valence-electron chi connectivity index (χ0n) is 10.5. The van der Waals surface area contributed by atoms with Crippen LogP contribution in [0.1, 0.15) is 20.3 Å². The van der Waals surface area contributed by atoms with Crippen LogP contribution in [0.3, 0.4) is 0 Å². The molecule has 0 atom stereocenters. The number of hydrogen-bond donors (Lipinski definition) is 2. The van der Waals surface area contributed by atoms with E-state index in [0.29, 0.717) is 0 Å². The minimum absolute atomic E-state index is 0.145. The van der Waals surface area contributed by atoms with Crippen molar-refractivity contribution in [2.75, 3.05) is 5.32 Å². The first-order chi connectivity index (χ1) is 8.72. The van der Waals surface area contributed by atoms with E-state index in [2.05, 4.69) is 5.32 Å². The van der Waals surface area contributed by atoms with Gasteiger partial charge in [-0.05, 0) is 6.07 Å². The average molecular weight is 266 g/mol. The molecule has 0 saturated heterocycles. The number of carbonyl (C=O) groups excluding carboxylic acids is 1. The van der Waals surface area contributed by atoms with Gasteiger partial charge in [-0.3, -0.25) is 19.7 Å². The van der Waals surface area contributed by atoms with Crippen LogP contribution in [-0.2, 0) is 9.59 Å². The number of aliphatic carboxylic acids is 1. The zero-order chi connectivity index (χ0) is 14.6. The highest BCUT2D eigenvalue weighted by Gasteiger charge is 2.30. The highest BCUT2D eigenvalue weighted by molar-refractivity contribution is 5.96. The molecule has 0 bridgehead atoms. The van der Waals surface area contributed by atoms with E-state index in [9.17, 15) is 19.7 Å². The first kappa shape index (κ1) is 14.6. The van der Waals surface area contributed by atoms with Crippen LogP contribution in [0.2, 0.25) is 0 Å². The second kappa shape index (κ2) is 5.47. The molecule has 1 aromatic carbocycles. The fourth-order valence-corrected chi connectivity index (χ4v) is 1.46. The SMILES string of the molecule is CC(C)(CC(=O)O)C(=O)Nc1cccc([N+](=O)[O-])c1. The van der Waals surface area contributed by atoms with Gasteiger partial charge < -0.3 is 10.4 Å². The van der Waals surface area contributed by atoms with Gasteiger partial charge in [-0.15, -0.1) is 0 Å². The van der Waals surface area contributed by atoms with Crippen molar-refractivity contribution in [1.82, 2.24) is 0 Å². The van der Waals surface area contributed by atoms with Crippen LogP contribution in [0.15, 0.2) is 24.3 Å². The third-order valence-corrected chi connectivity index (χ3v) is 2.52. The minimum atomic E-state index is -1.10. The number of benzene rings is 1. The number of nitro benzene ring substituents is 1. The van der Waals surface area contributed by atoms with Gasteiger partial charge in [-0.1, -0.05) is 19.9 Å². The Morgan fingerprint density at radius 3 is 2.58 bits per heavy atom. The van der Waals surface area contributed by atoms with Gasteiger partial charge in [0.1, 0.15) is 0 Å². The van der Waals surface area contributed by atoms with E-state index in [-0.39, 0.29) is 17.8 Å². The number of hydrogen-bond acceptors (Lipinski definition) is 4. The summed E-state index contributed by atoms with van der Waals surface area (Å²) in [4.78, 5) is 32.6. The monoisotopic (exact) mass is 266 g/mol. The van der Waals surface area contributed by atoms with Crippen LogP contribution in [-0.4, -0.2) is 21.9 Å². The Morgan fingerprint density at radius 2 is 2.05 bits per heavy atom. The zero-order valence-corrected chi connectivity index (χ0v) is 10.5. The highest BCUT2D eigenvalue weighted by atomic mass is 16.6. The Bertz CT molecular complexity index is 525. The summed E-state index contributed by atoms with van der Waals surface area (Å²) in [7, 11) is 0. The van der Waals surface area contributed by atoms with Crippen molar-refractivity contribution in [3.63, 3.8) is 0 Å². The molecular weight excluding hydrogens is 252 g/mol. The third-order valence-electron chi connectivity index (χ3n) is 2.52. The first-order valence-electron chi connectivity index (χ1n) is 5.50. The number of carboxylic acid groups (broad SMARTS) is 1. The van der Waals surface area contributed by atoms with E-state index < -0.39 is 22.2 Å². The first-order valence-corrected chi connectivity index (χ1v) is 5.50. The Labute approximate surface area is 109 Å². The summed E-state index contributed by atoms with van der Waals surface area (Å²) in [6.07, 6.45) is -0.326. The number of rotatable bonds is 5. The predicted octanol–water partition coefficient (Wildman–Crippen LogP) is 2.03. The van der Waals surface area contributed by atoms with Gasteiger partial charge in [0.05, 0.1) is 16.8 Å². The van der Waals surface area contributed by atoms with Crippen LogP contribution >= 0.6 is 0 Å². The lowest BCUT2D eigenvalue weighted by Crippen LogP contribution is -2.32. The molecule has 0 aromatic heterocycles. The van der Waals surface area contributed by atoms with Gasteiger partial charge in [-0.25, -0.2) is 0 Å². The summed E-state index contributed by atoms with van der Waals surface area (Å²) in [5.74, 6) is -1.59. The molecule has 0 spiro atoms. The number of carboxylic acids is 1. The summed E-state index contributed by atoms with van der Waals surface area (Å²) in [6, 6.07) is 5.46. The van der Waals surface area contributed by atoms with Gasteiger partial charge >= 0.3 is 5.97 Å². The van der Waals surface area contributed by atoms with E-state index >= 15 is 0 Å². The second-order valence-electron chi connectivity index (χ2n) is 4.72. The summed E-state index contributed by atoms with van der Waals surface area (Å²) in [6.45, 7) is 2.99. The Hall–Kier alpha value is -2.44. The molecule has 0 aliphatic heterocycles. The summed E-state index contributed by atoms with van der Waals surface area (Å²) >= 11 is 0. The van der Waals surface area contributed by atoms with Crippen molar-refractivity contribution in [3.8, 4) is 0 Å². The molecule has 1 rings (SSSR count).